The normalized spacial score (nSPS) is 12.6. The van der Waals surface area contributed by atoms with E-state index < -0.39 is 12.1 Å². The molecule has 0 heterocycles. The van der Waals surface area contributed by atoms with Gasteiger partial charge in [-0.2, -0.15) is 0 Å². The number of aliphatic hydroxyl groups is 2. The van der Waals surface area contributed by atoms with Crippen molar-refractivity contribution >= 4 is 6.09 Å². The highest BCUT2D eigenvalue weighted by atomic mass is 16.5. The molecule has 0 aromatic heterocycles. The largest absolute Gasteiger partial charge is 0.448 e. The Bertz CT molecular complexity index is 186. The van der Waals surface area contributed by atoms with Crippen LogP contribution in [0.2, 0.25) is 0 Å². The Kier molecular flexibility index (Phi) is 8.88. The van der Waals surface area contributed by atoms with Crippen molar-refractivity contribution < 1.29 is 19.7 Å². The maximum absolute atomic E-state index is 11.2. The van der Waals surface area contributed by atoms with Crippen molar-refractivity contribution in [1.29, 1.82) is 0 Å². The summed E-state index contributed by atoms with van der Waals surface area (Å²) in [6.45, 7) is 1.71. The molecular formula is C10H22N2O4. The fourth-order valence-electron chi connectivity index (χ4n) is 1.19. The third kappa shape index (κ3) is 6.60. The molecular weight excluding hydrogens is 212 g/mol. The summed E-state index contributed by atoms with van der Waals surface area (Å²) in [6, 6.07) is -0.524. The highest BCUT2D eigenvalue weighted by Gasteiger charge is 2.12. The molecule has 16 heavy (non-hydrogen) atoms. The van der Waals surface area contributed by atoms with E-state index in [4.69, 9.17) is 14.9 Å². The van der Waals surface area contributed by atoms with E-state index in [1.54, 1.807) is 0 Å². The fourth-order valence-corrected chi connectivity index (χ4v) is 1.19. The van der Waals surface area contributed by atoms with Gasteiger partial charge >= 0.3 is 6.09 Å². The molecule has 0 aliphatic heterocycles. The van der Waals surface area contributed by atoms with E-state index in [2.05, 4.69) is 17.6 Å². The lowest BCUT2D eigenvalue weighted by Crippen LogP contribution is -2.42. The van der Waals surface area contributed by atoms with Crippen LogP contribution < -0.4 is 10.6 Å². The van der Waals surface area contributed by atoms with E-state index >= 15 is 0 Å². The first-order valence-electron chi connectivity index (χ1n) is 5.50. The predicted octanol–water partition coefficient (Wildman–Crippen LogP) is -0.546. The van der Waals surface area contributed by atoms with Crippen LogP contribution >= 0.6 is 0 Å². The average Bonchev–Trinajstić information content (AvgIpc) is 2.31. The molecule has 1 atom stereocenters. The van der Waals surface area contributed by atoms with Crippen molar-refractivity contribution in [2.24, 2.45) is 0 Å². The molecule has 0 aromatic rings. The Morgan fingerprint density at radius 3 is 2.38 bits per heavy atom. The third-order valence-corrected chi connectivity index (χ3v) is 2.22. The zero-order chi connectivity index (χ0) is 12.4. The summed E-state index contributed by atoms with van der Waals surface area (Å²) < 4.78 is 4.95. The van der Waals surface area contributed by atoms with E-state index in [0.717, 1.165) is 12.8 Å². The highest BCUT2D eigenvalue weighted by molar-refractivity contribution is 5.67. The van der Waals surface area contributed by atoms with Gasteiger partial charge in [0.05, 0.1) is 19.3 Å². The SMILES string of the molecule is CCCC(COC(=O)NC(CO)CO)NC. The van der Waals surface area contributed by atoms with Crippen LogP contribution in [0.25, 0.3) is 0 Å². The lowest BCUT2D eigenvalue weighted by molar-refractivity contribution is 0.113. The molecule has 0 fully saturated rings. The standard InChI is InChI=1S/C10H22N2O4/c1-3-4-8(11-2)7-16-10(15)12-9(5-13)6-14/h8-9,11,13-14H,3-7H2,1-2H3,(H,12,15). The summed E-state index contributed by atoms with van der Waals surface area (Å²) in [5.74, 6) is 0. The topological polar surface area (TPSA) is 90.8 Å². The smallest absolute Gasteiger partial charge is 0.407 e. The van der Waals surface area contributed by atoms with Crippen LogP contribution in [0, 0.1) is 0 Å². The molecule has 0 aliphatic rings. The molecule has 96 valence electrons. The zero-order valence-corrected chi connectivity index (χ0v) is 9.90. The zero-order valence-electron chi connectivity index (χ0n) is 9.90. The second-order valence-corrected chi connectivity index (χ2v) is 3.58. The number of rotatable bonds is 8. The Labute approximate surface area is 96.0 Å². The number of nitrogens with one attached hydrogen (secondary N) is 2. The molecule has 1 unspecified atom stereocenters. The fraction of sp³-hybridized carbons (Fsp3) is 0.900. The number of aliphatic hydroxyl groups excluding tert-OH is 2. The Hall–Kier alpha value is -0.850. The van der Waals surface area contributed by atoms with Crippen molar-refractivity contribution in [2.45, 2.75) is 31.8 Å². The van der Waals surface area contributed by atoms with Gasteiger partial charge in [0.15, 0.2) is 0 Å². The summed E-state index contributed by atoms with van der Waals surface area (Å²) in [5, 5.41) is 22.9. The first kappa shape index (κ1) is 15.2. The number of carbonyl (C=O) groups excluding carboxylic acids is 1. The molecule has 4 N–H and O–H groups in total. The first-order chi connectivity index (χ1) is 7.67. The molecule has 0 saturated heterocycles. The van der Waals surface area contributed by atoms with Crippen LogP contribution in [0.1, 0.15) is 19.8 Å². The molecule has 0 aromatic carbocycles. The van der Waals surface area contributed by atoms with Gasteiger partial charge in [0, 0.05) is 6.04 Å². The lowest BCUT2D eigenvalue weighted by atomic mass is 10.2. The molecule has 6 heteroatoms. The van der Waals surface area contributed by atoms with Crippen LogP contribution in [0.4, 0.5) is 4.79 Å². The van der Waals surface area contributed by atoms with Crippen molar-refractivity contribution in [3.63, 3.8) is 0 Å². The number of ether oxygens (including phenoxy) is 1. The van der Waals surface area contributed by atoms with Crippen molar-refractivity contribution in [2.75, 3.05) is 26.9 Å². The number of carbonyl (C=O) groups is 1. The van der Waals surface area contributed by atoms with Gasteiger partial charge in [-0.3, -0.25) is 0 Å². The second-order valence-electron chi connectivity index (χ2n) is 3.58. The van der Waals surface area contributed by atoms with Crippen molar-refractivity contribution in [1.82, 2.24) is 10.6 Å². The molecule has 0 radical (unpaired) electrons. The summed E-state index contributed by atoms with van der Waals surface area (Å²) in [7, 11) is 1.81. The van der Waals surface area contributed by atoms with Gasteiger partial charge < -0.3 is 25.6 Å². The summed E-state index contributed by atoms with van der Waals surface area (Å²) in [6.07, 6.45) is 1.31. The van der Waals surface area contributed by atoms with Gasteiger partial charge in [-0.05, 0) is 13.5 Å². The van der Waals surface area contributed by atoms with Crippen LogP contribution in [-0.2, 0) is 4.74 Å². The summed E-state index contributed by atoms with van der Waals surface area (Å²) in [4.78, 5) is 11.2. The van der Waals surface area contributed by atoms with Crippen molar-refractivity contribution in [3.05, 3.63) is 0 Å². The maximum Gasteiger partial charge on any atom is 0.407 e. The van der Waals surface area contributed by atoms with Gasteiger partial charge in [0.25, 0.3) is 0 Å². The van der Waals surface area contributed by atoms with Gasteiger partial charge in [0.1, 0.15) is 6.61 Å². The first-order valence-corrected chi connectivity index (χ1v) is 5.50. The number of hydrogen-bond donors (Lipinski definition) is 4. The number of hydrogen-bond acceptors (Lipinski definition) is 5. The van der Waals surface area contributed by atoms with Crippen molar-refractivity contribution in [3.8, 4) is 0 Å². The monoisotopic (exact) mass is 234 g/mol. The highest BCUT2D eigenvalue weighted by Crippen LogP contribution is 1.97. The molecule has 0 aliphatic carbocycles. The van der Waals surface area contributed by atoms with Crippen LogP contribution in [0.5, 0.6) is 0 Å². The molecule has 0 bridgehead atoms. The minimum Gasteiger partial charge on any atom is -0.448 e. The predicted molar refractivity (Wildman–Crippen MR) is 60.2 cm³/mol. The number of alkyl carbamates (subject to hydrolysis) is 1. The number of likely N-dealkylation sites (N-methyl/N-ethyl adjacent to an activating group) is 1. The van der Waals surface area contributed by atoms with E-state index in [0.29, 0.717) is 0 Å². The Morgan fingerprint density at radius 1 is 1.31 bits per heavy atom. The van der Waals surface area contributed by atoms with Crippen LogP contribution in [0.3, 0.4) is 0 Å². The molecule has 6 nitrogen and oxygen atoms in total. The van der Waals surface area contributed by atoms with Gasteiger partial charge in [-0.1, -0.05) is 13.3 Å². The Balaban J connectivity index is 3.78. The van der Waals surface area contributed by atoms with Crippen LogP contribution in [-0.4, -0.2) is 55.3 Å². The van der Waals surface area contributed by atoms with Gasteiger partial charge in [-0.25, -0.2) is 4.79 Å². The maximum atomic E-state index is 11.2. The minimum atomic E-state index is -0.660. The minimum absolute atomic E-state index is 0.137. The summed E-state index contributed by atoms with van der Waals surface area (Å²) in [5.41, 5.74) is 0. The second kappa shape index (κ2) is 9.38. The van der Waals surface area contributed by atoms with E-state index in [1.807, 2.05) is 7.05 Å². The molecule has 0 saturated carbocycles. The number of amides is 1. The summed E-state index contributed by atoms with van der Waals surface area (Å²) >= 11 is 0. The van der Waals surface area contributed by atoms with Crippen LogP contribution in [0.15, 0.2) is 0 Å². The van der Waals surface area contributed by atoms with E-state index in [9.17, 15) is 4.79 Å². The lowest BCUT2D eigenvalue weighted by Gasteiger charge is -2.17. The molecule has 0 rings (SSSR count). The van der Waals surface area contributed by atoms with E-state index in [-0.39, 0.29) is 25.9 Å². The average molecular weight is 234 g/mol. The molecule has 1 amide bonds. The molecule has 0 spiro atoms. The quantitative estimate of drug-likeness (QED) is 0.452. The third-order valence-electron chi connectivity index (χ3n) is 2.22. The van der Waals surface area contributed by atoms with Gasteiger partial charge in [-0.15, -0.1) is 0 Å². The Morgan fingerprint density at radius 2 is 1.94 bits per heavy atom. The van der Waals surface area contributed by atoms with E-state index in [1.165, 1.54) is 0 Å². The van der Waals surface area contributed by atoms with Gasteiger partial charge in [0.2, 0.25) is 0 Å².